The summed E-state index contributed by atoms with van der Waals surface area (Å²) in [7, 11) is 0. The first-order chi connectivity index (χ1) is 13.2. The van der Waals surface area contributed by atoms with Crippen LogP contribution in [0.5, 0.6) is 5.75 Å². The lowest BCUT2D eigenvalue weighted by Gasteiger charge is -2.24. The van der Waals surface area contributed by atoms with E-state index in [1.807, 2.05) is 26.0 Å². The Labute approximate surface area is 172 Å². The Morgan fingerprint density at radius 3 is 2.21 bits per heavy atom. The van der Waals surface area contributed by atoms with Gasteiger partial charge in [-0.1, -0.05) is 31.2 Å². The summed E-state index contributed by atoms with van der Waals surface area (Å²) in [5, 5.41) is 9.32. The molecule has 0 aliphatic heterocycles. The van der Waals surface area contributed by atoms with Crippen LogP contribution in [0.4, 0.5) is 0 Å². The van der Waals surface area contributed by atoms with E-state index in [2.05, 4.69) is 49.6 Å². The normalized spacial score (nSPS) is 12.9. The number of thioether (sulfide) groups is 1. The molecule has 1 atom stereocenters. The molecule has 1 N–H and O–H groups in total. The zero-order chi connectivity index (χ0) is 20.9. The molecule has 0 aliphatic carbocycles. The van der Waals surface area contributed by atoms with Crippen LogP contribution < -0.4 is 4.74 Å². The van der Waals surface area contributed by atoms with Crippen LogP contribution >= 0.6 is 11.8 Å². The van der Waals surface area contributed by atoms with Gasteiger partial charge >= 0.3 is 5.97 Å². The highest BCUT2D eigenvalue weighted by atomic mass is 32.2. The summed E-state index contributed by atoms with van der Waals surface area (Å²) in [6.07, 6.45) is 7.50. The summed E-state index contributed by atoms with van der Waals surface area (Å²) < 4.78 is 5.79. The van der Waals surface area contributed by atoms with Gasteiger partial charge in [0.1, 0.15) is 5.75 Å². The third-order valence-corrected chi connectivity index (χ3v) is 5.60. The lowest BCUT2D eigenvalue weighted by atomic mass is 9.95. The Bertz CT molecular complexity index is 828. The number of hydrogen-bond acceptors (Lipinski definition) is 3. The van der Waals surface area contributed by atoms with Crippen LogP contribution in [0, 0.1) is 13.8 Å². The van der Waals surface area contributed by atoms with E-state index in [-0.39, 0.29) is 0 Å². The number of aryl methyl sites for hydroxylation is 2. The number of carboxylic acids is 1. The lowest BCUT2D eigenvalue weighted by Crippen LogP contribution is -2.38. The maximum Gasteiger partial charge on any atom is 0.347 e. The second kappa shape index (κ2) is 9.33. The van der Waals surface area contributed by atoms with Gasteiger partial charge in [-0.3, -0.25) is 0 Å². The first-order valence-corrected chi connectivity index (χ1v) is 10.8. The number of aliphatic carboxylic acids is 1. The average Bonchev–Trinajstić information content (AvgIpc) is 2.65. The number of ether oxygens (including phenoxy) is 1. The number of carboxylic acid groups (broad SMARTS) is 1. The van der Waals surface area contributed by atoms with Crippen LogP contribution in [0.3, 0.4) is 0 Å². The SMILES string of the molecule is CCC(/C=C/c1cc(C)c(OC(C)(C)C(=O)O)c(C)c1)c1ccc(SC)cc1. The molecule has 0 aliphatic rings. The van der Waals surface area contributed by atoms with Crippen molar-refractivity contribution in [3.05, 3.63) is 64.7 Å². The van der Waals surface area contributed by atoms with Crippen molar-refractivity contribution in [1.82, 2.24) is 0 Å². The molecule has 2 rings (SSSR count). The predicted octanol–water partition coefficient (Wildman–Crippen LogP) is 6.47. The molecule has 0 aromatic heterocycles. The molecule has 0 fully saturated rings. The lowest BCUT2D eigenvalue weighted by molar-refractivity contribution is -0.152. The van der Waals surface area contributed by atoms with E-state index >= 15 is 0 Å². The van der Waals surface area contributed by atoms with Crippen molar-refractivity contribution in [3.63, 3.8) is 0 Å². The predicted molar refractivity (Wildman–Crippen MR) is 119 cm³/mol. The maximum absolute atomic E-state index is 11.4. The largest absolute Gasteiger partial charge is 0.478 e. The van der Waals surface area contributed by atoms with E-state index < -0.39 is 11.6 Å². The topological polar surface area (TPSA) is 46.5 Å². The molecule has 2 aromatic rings. The average molecular weight is 399 g/mol. The molecule has 3 nitrogen and oxygen atoms in total. The molecule has 0 saturated heterocycles. The summed E-state index contributed by atoms with van der Waals surface area (Å²) in [5.41, 5.74) is 3.02. The number of benzene rings is 2. The Balaban J connectivity index is 2.24. The van der Waals surface area contributed by atoms with Crippen LogP contribution in [0.1, 0.15) is 55.4 Å². The fourth-order valence-corrected chi connectivity index (χ4v) is 3.51. The van der Waals surface area contributed by atoms with Crippen molar-refractivity contribution >= 4 is 23.8 Å². The van der Waals surface area contributed by atoms with Crippen molar-refractivity contribution in [1.29, 1.82) is 0 Å². The molecule has 1 unspecified atom stereocenters. The van der Waals surface area contributed by atoms with Gasteiger partial charge in [-0.25, -0.2) is 4.79 Å². The van der Waals surface area contributed by atoms with Crippen LogP contribution in [0.2, 0.25) is 0 Å². The van der Waals surface area contributed by atoms with E-state index in [1.54, 1.807) is 25.6 Å². The van der Waals surface area contributed by atoms with Crippen molar-refractivity contribution in [2.24, 2.45) is 0 Å². The number of rotatable bonds is 8. The second-order valence-corrected chi connectivity index (χ2v) is 8.43. The summed E-state index contributed by atoms with van der Waals surface area (Å²) in [6.45, 7) is 9.23. The zero-order valence-corrected chi connectivity index (χ0v) is 18.4. The maximum atomic E-state index is 11.4. The van der Waals surface area contributed by atoms with Gasteiger partial charge in [-0.05, 0) is 86.9 Å². The van der Waals surface area contributed by atoms with Gasteiger partial charge < -0.3 is 9.84 Å². The summed E-state index contributed by atoms with van der Waals surface area (Å²) >= 11 is 1.75. The number of allylic oxidation sites excluding steroid dienone is 1. The van der Waals surface area contributed by atoms with E-state index in [9.17, 15) is 9.90 Å². The van der Waals surface area contributed by atoms with E-state index in [4.69, 9.17) is 4.74 Å². The summed E-state index contributed by atoms with van der Waals surface area (Å²) in [5.74, 6) is 0.0242. The Hall–Kier alpha value is -2.20. The highest BCUT2D eigenvalue weighted by Gasteiger charge is 2.30. The molecule has 0 radical (unpaired) electrons. The molecule has 0 saturated carbocycles. The molecule has 4 heteroatoms. The highest BCUT2D eigenvalue weighted by Crippen LogP contribution is 2.30. The third-order valence-electron chi connectivity index (χ3n) is 4.86. The minimum atomic E-state index is -1.26. The van der Waals surface area contributed by atoms with Crippen LogP contribution in [-0.2, 0) is 4.79 Å². The standard InChI is InChI=1S/C24H30O3S/c1-7-19(20-10-12-21(28-6)13-11-20)9-8-18-14-16(2)22(17(3)15-18)27-24(4,5)23(25)26/h8-15,19H,7H2,1-6H3,(H,25,26)/b9-8+. The van der Waals surface area contributed by atoms with Crippen molar-refractivity contribution in [2.45, 2.75) is 57.5 Å². The summed E-state index contributed by atoms with van der Waals surface area (Å²) in [6, 6.07) is 12.8. The first-order valence-electron chi connectivity index (χ1n) is 9.53. The monoisotopic (exact) mass is 398 g/mol. The van der Waals surface area contributed by atoms with Gasteiger partial charge in [0.15, 0.2) is 5.60 Å². The van der Waals surface area contributed by atoms with Gasteiger partial charge in [-0.15, -0.1) is 11.8 Å². The Morgan fingerprint density at radius 2 is 1.75 bits per heavy atom. The van der Waals surface area contributed by atoms with Crippen molar-refractivity contribution in [2.75, 3.05) is 6.26 Å². The molecule has 0 bridgehead atoms. The minimum absolute atomic E-state index is 0.360. The summed E-state index contributed by atoms with van der Waals surface area (Å²) in [4.78, 5) is 12.6. The van der Waals surface area contributed by atoms with Crippen LogP contribution in [0.15, 0.2) is 47.4 Å². The van der Waals surface area contributed by atoms with Crippen molar-refractivity contribution < 1.29 is 14.6 Å². The number of carbonyl (C=O) groups is 1. The molecule has 2 aromatic carbocycles. The second-order valence-electron chi connectivity index (χ2n) is 7.55. The van der Waals surface area contributed by atoms with E-state index in [0.717, 1.165) is 23.1 Å². The molecular formula is C24H30O3S. The minimum Gasteiger partial charge on any atom is -0.478 e. The Kier molecular flexibility index (Phi) is 7.36. The van der Waals surface area contributed by atoms with Crippen LogP contribution in [0.25, 0.3) is 6.08 Å². The molecule has 28 heavy (non-hydrogen) atoms. The fourth-order valence-electron chi connectivity index (χ4n) is 3.10. The van der Waals surface area contributed by atoms with E-state index in [0.29, 0.717) is 11.7 Å². The smallest absolute Gasteiger partial charge is 0.347 e. The highest BCUT2D eigenvalue weighted by molar-refractivity contribution is 7.98. The van der Waals surface area contributed by atoms with Gasteiger partial charge in [0.25, 0.3) is 0 Å². The Morgan fingerprint density at radius 1 is 1.18 bits per heavy atom. The van der Waals surface area contributed by atoms with Gasteiger partial charge in [-0.2, -0.15) is 0 Å². The van der Waals surface area contributed by atoms with Crippen LogP contribution in [-0.4, -0.2) is 22.9 Å². The van der Waals surface area contributed by atoms with E-state index in [1.165, 1.54) is 10.5 Å². The van der Waals surface area contributed by atoms with Gasteiger partial charge in [0.05, 0.1) is 0 Å². The third kappa shape index (κ3) is 5.41. The van der Waals surface area contributed by atoms with Crippen molar-refractivity contribution in [3.8, 4) is 5.75 Å². The zero-order valence-electron chi connectivity index (χ0n) is 17.6. The molecular weight excluding hydrogens is 368 g/mol. The van der Waals surface area contributed by atoms with Gasteiger partial charge in [0.2, 0.25) is 0 Å². The fraction of sp³-hybridized carbons (Fsp3) is 0.375. The molecule has 0 amide bonds. The first kappa shape index (κ1) is 22.1. The number of hydrogen-bond donors (Lipinski definition) is 1. The quantitative estimate of drug-likeness (QED) is 0.517. The molecule has 0 spiro atoms. The molecule has 0 heterocycles. The molecule has 150 valence electrons. The van der Waals surface area contributed by atoms with Gasteiger partial charge in [0, 0.05) is 10.8 Å².